The minimum atomic E-state index is -0.772. The Balaban J connectivity index is 2.26. The lowest BCUT2D eigenvalue weighted by Crippen LogP contribution is -2.15. The second-order valence-electron chi connectivity index (χ2n) is 6.89. The zero-order valence-corrected chi connectivity index (χ0v) is 14.1. The molecule has 21 heavy (non-hydrogen) atoms. The van der Waals surface area contributed by atoms with Gasteiger partial charge in [-0.3, -0.25) is 9.48 Å². The molecule has 1 aromatic rings. The molecule has 1 aliphatic rings. The molecule has 1 aromatic heterocycles. The SMILES string of the molecule is CC(C)(C)c1cc(SCC(=O)O)n(C2CCCCCC2)n1. The number of rotatable bonds is 4. The van der Waals surface area contributed by atoms with Crippen LogP contribution in [0.4, 0.5) is 0 Å². The summed E-state index contributed by atoms with van der Waals surface area (Å²) in [5.41, 5.74) is 1.05. The lowest BCUT2D eigenvalue weighted by atomic mass is 9.93. The molecule has 5 heteroatoms. The van der Waals surface area contributed by atoms with E-state index in [9.17, 15) is 4.79 Å². The molecule has 0 aromatic carbocycles. The van der Waals surface area contributed by atoms with Gasteiger partial charge in [-0.2, -0.15) is 5.10 Å². The van der Waals surface area contributed by atoms with Crippen LogP contribution in [-0.4, -0.2) is 26.6 Å². The van der Waals surface area contributed by atoms with E-state index in [1.54, 1.807) is 0 Å². The molecule has 0 aliphatic heterocycles. The Morgan fingerprint density at radius 2 is 1.95 bits per heavy atom. The molecule has 4 nitrogen and oxygen atoms in total. The van der Waals surface area contributed by atoms with Gasteiger partial charge in [0.1, 0.15) is 0 Å². The summed E-state index contributed by atoms with van der Waals surface area (Å²) in [6, 6.07) is 2.51. The van der Waals surface area contributed by atoms with Crippen LogP contribution in [0.1, 0.15) is 71.0 Å². The Kier molecular flexibility index (Phi) is 5.36. The fourth-order valence-corrected chi connectivity index (χ4v) is 3.54. The monoisotopic (exact) mass is 310 g/mol. The van der Waals surface area contributed by atoms with Crippen LogP contribution in [0.3, 0.4) is 0 Å². The van der Waals surface area contributed by atoms with Crippen molar-refractivity contribution < 1.29 is 9.90 Å². The van der Waals surface area contributed by atoms with Crippen LogP contribution in [0.5, 0.6) is 0 Å². The Morgan fingerprint density at radius 3 is 2.48 bits per heavy atom. The highest BCUT2D eigenvalue weighted by molar-refractivity contribution is 7.99. The number of carbonyl (C=O) groups is 1. The average molecular weight is 310 g/mol. The van der Waals surface area contributed by atoms with Gasteiger partial charge < -0.3 is 5.11 Å². The summed E-state index contributed by atoms with van der Waals surface area (Å²) in [4.78, 5) is 10.9. The third-order valence-corrected chi connectivity index (χ3v) is 4.98. The van der Waals surface area contributed by atoms with Crippen LogP contribution in [0.2, 0.25) is 0 Å². The number of carboxylic acid groups (broad SMARTS) is 1. The van der Waals surface area contributed by atoms with Crippen molar-refractivity contribution in [3.05, 3.63) is 11.8 Å². The van der Waals surface area contributed by atoms with Gasteiger partial charge in [0.15, 0.2) is 0 Å². The maximum atomic E-state index is 10.9. The third-order valence-electron chi connectivity index (χ3n) is 3.98. The van der Waals surface area contributed by atoms with E-state index in [1.165, 1.54) is 37.4 Å². The maximum Gasteiger partial charge on any atom is 0.313 e. The van der Waals surface area contributed by atoms with Gasteiger partial charge in [0.2, 0.25) is 0 Å². The van der Waals surface area contributed by atoms with Crippen molar-refractivity contribution in [2.24, 2.45) is 0 Å². The Morgan fingerprint density at radius 1 is 1.33 bits per heavy atom. The topological polar surface area (TPSA) is 55.1 Å². The number of thioether (sulfide) groups is 1. The summed E-state index contributed by atoms with van der Waals surface area (Å²) >= 11 is 1.39. The lowest BCUT2D eigenvalue weighted by molar-refractivity contribution is -0.133. The Hall–Kier alpha value is -0.970. The minimum absolute atomic E-state index is 0.00544. The minimum Gasteiger partial charge on any atom is -0.481 e. The van der Waals surface area contributed by atoms with E-state index in [2.05, 4.69) is 31.5 Å². The van der Waals surface area contributed by atoms with Gasteiger partial charge in [-0.05, 0) is 18.9 Å². The number of aromatic nitrogens is 2. The molecule has 0 amide bonds. The first-order valence-corrected chi connectivity index (χ1v) is 8.81. The van der Waals surface area contributed by atoms with Gasteiger partial charge in [0.25, 0.3) is 0 Å². The standard InChI is InChI=1S/C16H26N2O2S/c1-16(2,3)13-10-14(21-11-15(19)20)18(17-13)12-8-6-4-5-7-9-12/h10,12H,4-9,11H2,1-3H3,(H,19,20). The molecule has 0 saturated heterocycles. The number of carboxylic acids is 1. The van der Waals surface area contributed by atoms with Crippen molar-refractivity contribution in [1.29, 1.82) is 0 Å². The first kappa shape index (κ1) is 16.4. The van der Waals surface area contributed by atoms with Crippen LogP contribution in [-0.2, 0) is 10.2 Å². The fraction of sp³-hybridized carbons (Fsp3) is 0.750. The Labute approximate surface area is 131 Å². The van der Waals surface area contributed by atoms with Gasteiger partial charge >= 0.3 is 5.97 Å². The highest BCUT2D eigenvalue weighted by Gasteiger charge is 2.24. The fourth-order valence-electron chi connectivity index (χ4n) is 2.75. The normalized spacial score (nSPS) is 17.7. The number of aliphatic carboxylic acids is 1. The molecule has 2 rings (SSSR count). The zero-order chi connectivity index (χ0) is 15.5. The third kappa shape index (κ3) is 4.50. The van der Waals surface area contributed by atoms with Gasteiger partial charge in [-0.25, -0.2) is 0 Å². The first-order valence-electron chi connectivity index (χ1n) is 7.82. The van der Waals surface area contributed by atoms with Crippen LogP contribution in [0, 0.1) is 0 Å². The molecule has 1 heterocycles. The molecule has 0 atom stereocenters. The molecule has 0 spiro atoms. The summed E-state index contributed by atoms with van der Waals surface area (Å²) < 4.78 is 2.11. The molecule has 1 saturated carbocycles. The van der Waals surface area contributed by atoms with Crippen LogP contribution in [0.15, 0.2) is 11.1 Å². The highest BCUT2D eigenvalue weighted by atomic mass is 32.2. The van der Waals surface area contributed by atoms with Crippen molar-refractivity contribution >= 4 is 17.7 Å². The smallest absolute Gasteiger partial charge is 0.313 e. The van der Waals surface area contributed by atoms with E-state index in [0.717, 1.165) is 23.6 Å². The van der Waals surface area contributed by atoms with E-state index in [4.69, 9.17) is 10.2 Å². The molecule has 0 unspecified atom stereocenters. The van der Waals surface area contributed by atoms with Gasteiger partial charge in [-0.15, -0.1) is 0 Å². The molecule has 118 valence electrons. The van der Waals surface area contributed by atoms with E-state index in [-0.39, 0.29) is 11.2 Å². The highest BCUT2D eigenvalue weighted by Crippen LogP contribution is 2.34. The lowest BCUT2D eigenvalue weighted by Gasteiger charge is -2.18. The second-order valence-corrected chi connectivity index (χ2v) is 7.89. The van der Waals surface area contributed by atoms with Crippen molar-refractivity contribution in [3.63, 3.8) is 0 Å². The number of hydrogen-bond acceptors (Lipinski definition) is 3. The summed E-state index contributed by atoms with van der Waals surface area (Å²) in [5, 5.41) is 14.8. The quantitative estimate of drug-likeness (QED) is 0.667. The van der Waals surface area contributed by atoms with Gasteiger partial charge in [0.05, 0.1) is 22.5 Å². The van der Waals surface area contributed by atoms with E-state index in [0.29, 0.717) is 6.04 Å². The first-order chi connectivity index (χ1) is 9.88. The van der Waals surface area contributed by atoms with Crippen molar-refractivity contribution in [2.75, 3.05) is 5.75 Å². The zero-order valence-electron chi connectivity index (χ0n) is 13.3. The largest absolute Gasteiger partial charge is 0.481 e. The average Bonchev–Trinajstić information content (AvgIpc) is 2.64. The van der Waals surface area contributed by atoms with Crippen molar-refractivity contribution in [1.82, 2.24) is 9.78 Å². The molecule has 0 bridgehead atoms. The van der Waals surface area contributed by atoms with Crippen LogP contribution in [0.25, 0.3) is 0 Å². The second kappa shape index (κ2) is 6.86. The molecule has 1 N–H and O–H groups in total. The molecule has 1 fully saturated rings. The van der Waals surface area contributed by atoms with E-state index >= 15 is 0 Å². The molecule has 1 aliphatic carbocycles. The summed E-state index contributed by atoms with van der Waals surface area (Å²) in [7, 11) is 0. The van der Waals surface area contributed by atoms with Crippen LogP contribution >= 0.6 is 11.8 Å². The van der Waals surface area contributed by atoms with Crippen molar-refractivity contribution in [3.8, 4) is 0 Å². The van der Waals surface area contributed by atoms with Gasteiger partial charge in [-0.1, -0.05) is 58.2 Å². The van der Waals surface area contributed by atoms with Crippen molar-refractivity contribution in [2.45, 2.75) is 75.8 Å². The maximum absolute atomic E-state index is 10.9. The van der Waals surface area contributed by atoms with E-state index in [1.807, 2.05) is 0 Å². The molecular weight excluding hydrogens is 284 g/mol. The number of hydrogen-bond donors (Lipinski definition) is 1. The predicted molar refractivity (Wildman–Crippen MR) is 86.0 cm³/mol. The summed E-state index contributed by atoms with van der Waals surface area (Å²) in [5.74, 6) is -0.673. The summed E-state index contributed by atoms with van der Waals surface area (Å²) in [6.07, 6.45) is 7.43. The predicted octanol–water partition coefficient (Wildman–Crippen LogP) is 4.25. The summed E-state index contributed by atoms with van der Waals surface area (Å²) in [6.45, 7) is 6.45. The molecular formula is C16H26N2O2S. The molecule has 0 radical (unpaired) electrons. The number of nitrogens with zero attached hydrogens (tertiary/aromatic N) is 2. The Bertz CT molecular complexity index is 483. The van der Waals surface area contributed by atoms with Gasteiger partial charge in [0, 0.05) is 5.41 Å². The van der Waals surface area contributed by atoms with Crippen LogP contribution < -0.4 is 0 Å². The van der Waals surface area contributed by atoms with E-state index < -0.39 is 5.97 Å².